The molecule has 1 aliphatic carbocycles. The van der Waals surface area contributed by atoms with Gasteiger partial charge in [-0.15, -0.1) is 0 Å². The summed E-state index contributed by atoms with van der Waals surface area (Å²) < 4.78 is 0. The number of piperazine rings is 1. The Morgan fingerprint density at radius 2 is 2.04 bits per heavy atom. The Bertz CT molecular complexity index is 712. The summed E-state index contributed by atoms with van der Waals surface area (Å²) >= 11 is 0. The van der Waals surface area contributed by atoms with E-state index in [1.54, 1.807) is 0 Å². The number of carbonyl (C=O) groups excluding carboxylic acids is 1. The van der Waals surface area contributed by atoms with Crippen molar-refractivity contribution in [3.63, 3.8) is 0 Å². The number of hydrogen-bond acceptors (Lipinski definition) is 4. The minimum Gasteiger partial charge on any atom is -0.352 e. The normalized spacial score (nSPS) is 21.0. The summed E-state index contributed by atoms with van der Waals surface area (Å²) in [4.78, 5) is 19.0. The van der Waals surface area contributed by atoms with Gasteiger partial charge in [-0.1, -0.05) is 30.3 Å². The molecule has 2 aliphatic rings. The summed E-state index contributed by atoms with van der Waals surface area (Å²) in [5.41, 5.74) is 3.39. The molecule has 1 aromatic heterocycles. The van der Waals surface area contributed by atoms with E-state index >= 15 is 0 Å². The molecule has 2 heterocycles. The van der Waals surface area contributed by atoms with Gasteiger partial charge in [0, 0.05) is 44.0 Å². The van der Waals surface area contributed by atoms with Gasteiger partial charge < -0.3 is 10.6 Å². The first kappa shape index (κ1) is 16.2. The third-order valence-corrected chi connectivity index (χ3v) is 4.82. The van der Waals surface area contributed by atoms with Crippen LogP contribution in [0.2, 0.25) is 0 Å². The van der Waals surface area contributed by atoms with Crippen molar-refractivity contribution < 1.29 is 4.79 Å². The molecule has 1 saturated heterocycles. The fourth-order valence-corrected chi connectivity index (χ4v) is 3.23. The number of benzene rings is 1. The highest BCUT2D eigenvalue weighted by molar-refractivity contribution is 5.82. The molecule has 1 unspecified atom stereocenters. The molecule has 0 spiro atoms. The molecule has 1 atom stereocenters. The Kier molecular flexibility index (Phi) is 4.76. The molecule has 2 N–H and O–H groups in total. The van der Waals surface area contributed by atoms with Crippen LogP contribution in [0, 0.1) is 0 Å². The number of nitrogens with one attached hydrogen (secondary N) is 2. The highest BCUT2D eigenvalue weighted by Gasteiger charge is 2.30. The standard InChI is InChI=1S/C20H24N4O/c25-20(23-17-8-9-17)19-14-24(12-11-22-19)13-15-4-6-16(7-5-15)18-3-1-2-10-21-18/h1-7,10,17,19,22H,8-9,11-14H2,(H,23,25). The lowest BCUT2D eigenvalue weighted by atomic mass is 10.1. The molecule has 1 aromatic carbocycles. The van der Waals surface area contributed by atoms with Crippen molar-refractivity contribution in [3.8, 4) is 11.3 Å². The summed E-state index contributed by atoms with van der Waals surface area (Å²) in [6, 6.07) is 14.8. The lowest BCUT2D eigenvalue weighted by molar-refractivity contribution is -0.124. The molecule has 2 aromatic rings. The second-order valence-corrected chi connectivity index (χ2v) is 6.94. The van der Waals surface area contributed by atoms with Gasteiger partial charge in [0.2, 0.25) is 5.91 Å². The Hall–Kier alpha value is -2.24. The Morgan fingerprint density at radius 1 is 1.20 bits per heavy atom. The van der Waals surface area contributed by atoms with Crippen molar-refractivity contribution in [3.05, 3.63) is 54.2 Å². The molecule has 2 fully saturated rings. The number of carbonyl (C=O) groups is 1. The summed E-state index contributed by atoms with van der Waals surface area (Å²) in [6.45, 7) is 3.46. The van der Waals surface area contributed by atoms with E-state index < -0.39 is 0 Å². The van der Waals surface area contributed by atoms with Crippen molar-refractivity contribution in [1.29, 1.82) is 0 Å². The van der Waals surface area contributed by atoms with Crippen LogP contribution in [0.25, 0.3) is 11.3 Å². The summed E-state index contributed by atoms with van der Waals surface area (Å²) in [5.74, 6) is 0.151. The van der Waals surface area contributed by atoms with Crippen molar-refractivity contribution >= 4 is 5.91 Å². The maximum atomic E-state index is 12.2. The predicted octanol–water partition coefficient (Wildman–Crippen LogP) is 1.80. The third-order valence-electron chi connectivity index (χ3n) is 4.82. The van der Waals surface area contributed by atoms with E-state index in [1.165, 1.54) is 5.56 Å². The van der Waals surface area contributed by atoms with Crippen LogP contribution in [0.15, 0.2) is 48.7 Å². The van der Waals surface area contributed by atoms with Gasteiger partial charge in [0.1, 0.15) is 0 Å². The fourth-order valence-electron chi connectivity index (χ4n) is 3.23. The van der Waals surface area contributed by atoms with Crippen LogP contribution in [-0.4, -0.2) is 47.5 Å². The van der Waals surface area contributed by atoms with Crippen LogP contribution in [0.3, 0.4) is 0 Å². The van der Waals surface area contributed by atoms with Gasteiger partial charge >= 0.3 is 0 Å². The number of pyridine rings is 1. The number of nitrogens with zero attached hydrogens (tertiary/aromatic N) is 2. The van der Waals surface area contributed by atoms with Crippen LogP contribution in [-0.2, 0) is 11.3 Å². The molecule has 130 valence electrons. The Labute approximate surface area is 148 Å². The zero-order valence-electron chi connectivity index (χ0n) is 14.3. The van der Waals surface area contributed by atoms with Crippen molar-refractivity contribution in [1.82, 2.24) is 20.5 Å². The SMILES string of the molecule is O=C(NC1CC1)C1CN(Cc2ccc(-c3ccccn3)cc2)CCN1. The van der Waals surface area contributed by atoms with E-state index in [0.717, 1.165) is 50.3 Å². The number of amides is 1. The van der Waals surface area contributed by atoms with E-state index in [-0.39, 0.29) is 11.9 Å². The number of hydrogen-bond donors (Lipinski definition) is 2. The first-order valence-electron chi connectivity index (χ1n) is 9.04. The van der Waals surface area contributed by atoms with Crippen LogP contribution in [0.1, 0.15) is 18.4 Å². The van der Waals surface area contributed by atoms with Gasteiger partial charge in [0.25, 0.3) is 0 Å². The summed E-state index contributed by atoms with van der Waals surface area (Å²) in [7, 11) is 0. The molecule has 4 rings (SSSR count). The number of aromatic nitrogens is 1. The van der Waals surface area contributed by atoms with Crippen molar-refractivity contribution in [2.45, 2.75) is 31.5 Å². The fraction of sp³-hybridized carbons (Fsp3) is 0.400. The first-order chi connectivity index (χ1) is 12.3. The van der Waals surface area contributed by atoms with Gasteiger partial charge in [-0.05, 0) is 30.5 Å². The van der Waals surface area contributed by atoms with E-state index in [4.69, 9.17) is 0 Å². The van der Waals surface area contributed by atoms with E-state index in [1.807, 2.05) is 24.4 Å². The zero-order chi connectivity index (χ0) is 17.1. The van der Waals surface area contributed by atoms with Gasteiger partial charge in [0.05, 0.1) is 11.7 Å². The minimum absolute atomic E-state index is 0.0952. The van der Waals surface area contributed by atoms with Gasteiger partial charge in [-0.2, -0.15) is 0 Å². The van der Waals surface area contributed by atoms with E-state index in [9.17, 15) is 4.79 Å². The smallest absolute Gasteiger partial charge is 0.238 e. The Balaban J connectivity index is 1.35. The molecular formula is C20H24N4O. The largest absolute Gasteiger partial charge is 0.352 e. The summed E-state index contributed by atoms with van der Waals surface area (Å²) in [6.07, 6.45) is 4.08. The predicted molar refractivity (Wildman–Crippen MR) is 97.9 cm³/mol. The lowest BCUT2D eigenvalue weighted by Gasteiger charge is -2.33. The van der Waals surface area contributed by atoms with Gasteiger partial charge in [-0.25, -0.2) is 0 Å². The second kappa shape index (κ2) is 7.33. The quantitative estimate of drug-likeness (QED) is 0.874. The van der Waals surface area contributed by atoms with Crippen LogP contribution in [0.4, 0.5) is 0 Å². The first-order valence-corrected chi connectivity index (χ1v) is 9.04. The molecule has 25 heavy (non-hydrogen) atoms. The molecular weight excluding hydrogens is 312 g/mol. The zero-order valence-corrected chi connectivity index (χ0v) is 14.3. The average molecular weight is 336 g/mol. The van der Waals surface area contributed by atoms with E-state index in [2.05, 4.69) is 44.8 Å². The monoisotopic (exact) mass is 336 g/mol. The molecule has 1 aliphatic heterocycles. The minimum atomic E-state index is -0.0952. The second-order valence-electron chi connectivity index (χ2n) is 6.94. The van der Waals surface area contributed by atoms with Gasteiger partial charge in [0.15, 0.2) is 0 Å². The molecule has 1 amide bonds. The molecule has 5 nitrogen and oxygen atoms in total. The van der Waals surface area contributed by atoms with Crippen LogP contribution >= 0.6 is 0 Å². The molecule has 0 bridgehead atoms. The highest BCUT2D eigenvalue weighted by atomic mass is 16.2. The average Bonchev–Trinajstić information content (AvgIpc) is 3.47. The van der Waals surface area contributed by atoms with Crippen molar-refractivity contribution in [2.75, 3.05) is 19.6 Å². The summed E-state index contributed by atoms with van der Waals surface area (Å²) in [5, 5.41) is 6.43. The van der Waals surface area contributed by atoms with Crippen LogP contribution in [0.5, 0.6) is 0 Å². The molecule has 5 heteroatoms. The lowest BCUT2D eigenvalue weighted by Crippen LogP contribution is -2.57. The van der Waals surface area contributed by atoms with Gasteiger partial charge in [-0.3, -0.25) is 14.7 Å². The van der Waals surface area contributed by atoms with E-state index in [0.29, 0.717) is 6.04 Å². The highest BCUT2D eigenvalue weighted by Crippen LogP contribution is 2.20. The van der Waals surface area contributed by atoms with Crippen molar-refractivity contribution in [2.24, 2.45) is 0 Å². The maximum absolute atomic E-state index is 12.2. The third kappa shape index (κ3) is 4.24. The van der Waals surface area contributed by atoms with Crippen LogP contribution < -0.4 is 10.6 Å². The molecule has 1 saturated carbocycles. The number of rotatable bonds is 5. The Morgan fingerprint density at radius 3 is 2.76 bits per heavy atom. The molecule has 0 radical (unpaired) electrons. The topological polar surface area (TPSA) is 57.3 Å². The maximum Gasteiger partial charge on any atom is 0.238 e.